The van der Waals surface area contributed by atoms with Gasteiger partial charge in [-0.3, -0.25) is 14.1 Å². The summed E-state index contributed by atoms with van der Waals surface area (Å²) in [6, 6.07) is 11.5. The summed E-state index contributed by atoms with van der Waals surface area (Å²) in [4.78, 5) is 24.9. The molecule has 0 bridgehead atoms. The van der Waals surface area contributed by atoms with Crippen LogP contribution in [0.4, 0.5) is 0 Å². The summed E-state index contributed by atoms with van der Waals surface area (Å²) in [6.45, 7) is 0. The van der Waals surface area contributed by atoms with Crippen molar-refractivity contribution in [3.63, 3.8) is 0 Å². The van der Waals surface area contributed by atoms with Crippen molar-refractivity contribution < 1.29 is 27.7 Å². The number of benzene rings is 2. The number of amides is 1. The Labute approximate surface area is 148 Å². The van der Waals surface area contributed by atoms with E-state index in [2.05, 4.69) is 5.32 Å². The van der Waals surface area contributed by atoms with Crippen LogP contribution in [0.25, 0.3) is 11.5 Å². The molecule has 0 atom stereocenters. The van der Waals surface area contributed by atoms with Gasteiger partial charge in [-0.25, -0.2) is 0 Å². The Morgan fingerprint density at radius 3 is 2.08 bits per heavy atom. The first-order chi connectivity index (χ1) is 12.3. The zero-order chi connectivity index (χ0) is 18.6. The average Bonchev–Trinajstić information content (AvgIpc) is 2.97. The highest BCUT2D eigenvalue weighted by Gasteiger charge is 2.40. The van der Waals surface area contributed by atoms with Crippen molar-refractivity contribution in [2.24, 2.45) is 0 Å². The third-order valence-corrected chi connectivity index (χ3v) is 5.17. The maximum absolute atomic E-state index is 12.9. The maximum Gasteiger partial charge on any atom is 0.294 e. The minimum atomic E-state index is -4.36. The summed E-state index contributed by atoms with van der Waals surface area (Å²) in [5.41, 5.74) is 1.03. The second-order valence-electron chi connectivity index (χ2n) is 5.80. The van der Waals surface area contributed by atoms with E-state index in [4.69, 9.17) is 4.55 Å². The lowest BCUT2D eigenvalue weighted by atomic mass is 9.85. The molecule has 0 saturated carbocycles. The number of carbonyl (C=O) groups is 2. The van der Waals surface area contributed by atoms with Crippen LogP contribution in [0.1, 0.15) is 21.5 Å². The number of carbonyl (C=O) groups excluding carboxylic acids is 2. The molecule has 2 aromatic carbocycles. The van der Waals surface area contributed by atoms with Crippen LogP contribution in [0.2, 0.25) is 0 Å². The van der Waals surface area contributed by atoms with E-state index >= 15 is 0 Å². The summed E-state index contributed by atoms with van der Waals surface area (Å²) < 4.78 is 31.4. The number of hydrogen-bond donors (Lipinski definition) is 3. The van der Waals surface area contributed by atoms with Gasteiger partial charge in [0.2, 0.25) is 0 Å². The largest absolute Gasteiger partial charge is 0.506 e. The molecule has 130 valence electrons. The summed E-state index contributed by atoms with van der Waals surface area (Å²) in [6.07, 6.45) is 0. The smallest absolute Gasteiger partial charge is 0.294 e. The molecule has 0 aromatic heterocycles. The second-order valence-corrected chi connectivity index (χ2v) is 7.22. The van der Waals surface area contributed by atoms with Crippen molar-refractivity contribution in [1.29, 1.82) is 0 Å². The van der Waals surface area contributed by atoms with E-state index in [0.717, 1.165) is 12.1 Å². The highest BCUT2D eigenvalue weighted by atomic mass is 32.2. The molecule has 0 unspecified atom stereocenters. The zero-order valence-corrected chi connectivity index (χ0v) is 13.9. The number of fused-ring (bicyclic) bond motifs is 2. The van der Waals surface area contributed by atoms with Gasteiger partial charge in [0.05, 0.1) is 21.7 Å². The number of Topliss-reactive ketones (excluding diaryl/α,β-unsaturated/α-hetero) is 1. The van der Waals surface area contributed by atoms with Crippen LogP contribution in [0.5, 0.6) is 0 Å². The van der Waals surface area contributed by atoms with E-state index in [1.807, 2.05) is 0 Å². The van der Waals surface area contributed by atoms with E-state index in [0.29, 0.717) is 5.56 Å². The topological polar surface area (TPSA) is 121 Å². The standard InChI is InChI=1S/C18H11NO6S/c20-16-11-3-1-2-4-12(11)17(21)14-13(16)15(19-18(14)22)9-5-7-10(8-6-9)26(23,24)25/h1-8,21H,(H,19,22)(H,23,24,25). The molecule has 1 heterocycles. The first kappa shape index (κ1) is 16.2. The van der Waals surface area contributed by atoms with Gasteiger partial charge in [-0.05, 0) is 17.7 Å². The fraction of sp³-hybridized carbons (Fsp3) is 0. The minimum Gasteiger partial charge on any atom is -0.506 e. The molecule has 8 heteroatoms. The van der Waals surface area contributed by atoms with E-state index in [1.54, 1.807) is 24.3 Å². The molecule has 3 N–H and O–H groups in total. The van der Waals surface area contributed by atoms with Crippen molar-refractivity contribution in [3.05, 3.63) is 76.4 Å². The molecule has 1 aliphatic heterocycles. The molecule has 26 heavy (non-hydrogen) atoms. The lowest BCUT2D eigenvalue weighted by Crippen LogP contribution is -2.19. The molecule has 4 rings (SSSR count). The minimum absolute atomic E-state index is 0.0332. The Bertz CT molecular complexity index is 1160. The first-order valence-electron chi connectivity index (χ1n) is 7.50. The summed E-state index contributed by atoms with van der Waals surface area (Å²) in [5, 5.41) is 13.0. The molecule has 0 spiro atoms. The normalized spacial score (nSPS) is 16.5. The van der Waals surface area contributed by atoms with Crippen LogP contribution in [0.15, 0.2) is 64.6 Å². The Balaban J connectivity index is 1.93. The van der Waals surface area contributed by atoms with Crippen LogP contribution >= 0.6 is 0 Å². The van der Waals surface area contributed by atoms with E-state index in [1.165, 1.54) is 12.1 Å². The number of aliphatic hydroxyl groups is 1. The van der Waals surface area contributed by atoms with Gasteiger partial charge in [0, 0.05) is 11.1 Å². The quantitative estimate of drug-likeness (QED) is 0.696. The molecule has 2 aliphatic rings. The van der Waals surface area contributed by atoms with Gasteiger partial charge in [-0.15, -0.1) is 0 Å². The third-order valence-electron chi connectivity index (χ3n) is 4.30. The second kappa shape index (κ2) is 5.38. The van der Waals surface area contributed by atoms with Crippen LogP contribution in [0, 0.1) is 0 Å². The van der Waals surface area contributed by atoms with E-state index < -0.39 is 21.8 Å². The van der Waals surface area contributed by atoms with Gasteiger partial charge in [-0.1, -0.05) is 36.4 Å². The Hall–Kier alpha value is -3.23. The van der Waals surface area contributed by atoms with Gasteiger partial charge in [0.25, 0.3) is 16.0 Å². The third kappa shape index (κ3) is 2.27. The Morgan fingerprint density at radius 1 is 0.846 bits per heavy atom. The van der Waals surface area contributed by atoms with Crippen molar-refractivity contribution >= 4 is 33.3 Å². The van der Waals surface area contributed by atoms with E-state index in [9.17, 15) is 23.1 Å². The highest BCUT2D eigenvalue weighted by Crippen LogP contribution is 2.40. The molecule has 2 aromatic rings. The molecule has 0 saturated heterocycles. The molecule has 7 nitrogen and oxygen atoms in total. The average molecular weight is 369 g/mol. The summed E-state index contributed by atoms with van der Waals surface area (Å²) in [7, 11) is -4.36. The van der Waals surface area contributed by atoms with Crippen molar-refractivity contribution in [1.82, 2.24) is 5.32 Å². The van der Waals surface area contributed by atoms with Crippen molar-refractivity contribution in [2.45, 2.75) is 4.90 Å². The predicted molar refractivity (Wildman–Crippen MR) is 91.6 cm³/mol. The van der Waals surface area contributed by atoms with Gasteiger partial charge < -0.3 is 10.4 Å². The monoisotopic (exact) mass is 369 g/mol. The van der Waals surface area contributed by atoms with Crippen molar-refractivity contribution in [3.8, 4) is 0 Å². The highest BCUT2D eigenvalue weighted by molar-refractivity contribution is 7.85. The van der Waals surface area contributed by atoms with Gasteiger partial charge in [0.15, 0.2) is 5.78 Å². The number of hydrogen-bond acceptors (Lipinski definition) is 5. The lowest BCUT2D eigenvalue weighted by Gasteiger charge is -2.17. The van der Waals surface area contributed by atoms with Crippen LogP contribution in [-0.2, 0) is 14.9 Å². The number of rotatable bonds is 2. The maximum atomic E-state index is 12.9. The number of nitrogens with one attached hydrogen (secondary N) is 1. The number of ketones is 1. The Morgan fingerprint density at radius 2 is 1.46 bits per heavy atom. The predicted octanol–water partition coefficient (Wildman–Crippen LogP) is 1.94. The van der Waals surface area contributed by atoms with Gasteiger partial charge in [-0.2, -0.15) is 8.42 Å². The Kier molecular flexibility index (Phi) is 3.36. The molecule has 1 aliphatic carbocycles. The van der Waals surface area contributed by atoms with Gasteiger partial charge >= 0.3 is 0 Å². The molecule has 1 amide bonds. The summed E-state index contributed by atoms with van der Waals surface area (Å²) >= 11 is 0. The van der Waals surface area contributed by atoms with Crippen LogP contribution in [0.3, 0.4) is 0 Å². The number of aliphatic hydroxyl groups excluding tert-OH is 1. The lowest BCUT2D eigenvalue weighted by molar-refractivity contribution is -0.115. The zero-order valence-electron chi connectivity index (χ0n) is 13.1. The van der Waals surface area contributed by atoms with Gasteiger partial charge in [0.1, 0.15) is 5.76 Å². The molecular weight excluding hydrogens is 358 g/mol. The van der Waals surface area contributed by atoms with Crippen LogP contribution < -0.4 is 5.32 Å². The van der Waals surface area contributed by atoms with Crippen LogP contribution in [-0.4, -0.2) is 29.8 Å². The SMILES string of the molecule is O=C1NC(c2ccc(S(=O)(=O)O)cc2)=C2C(=O)c3ccccc3C(O)=C12. The fourth-order valence-electron chi connectivity index (χ4n) is 3.10. The molecular formula is C18H11NO6S. The molecule has 0 fully saturated rings. The van der Waals surface area contributed by atoms with E-state index in [-0.39, 0.29) is 38.6 Å². The van der Waals surface area contributed by atoms with Crippen molar-refractivity contribution in [2.75, 3.05) is 0 Å². The summed E-state index contributed by atoms with van der Waals surface area (Å²) in [5.74, 6) is -1.31. The molecule has 0 radical (unpaired) electrons. The first-order valence-corrected chi connectivity index (χ1v) is 8.94. The fourth-order valence-corrected chi connectivity index (χ4v) is 3.58.